The summed E-state index contributed by atoms with van der Waals surface area (Å²) < 4.78 is 0. The van der Waals surface area contributed by atoms with E-state index in [4.69, 9.17) is 0 Å². The highest BCUT2D eigenvalue weighted by Gasteiger charge is 2.20. The van der Waals surface area contributed by atoms with E-state index in [1.807, 2.05) is 12.1 Å². The zero-order valence-corrected chi connectivity index (χ0v) is 13.5. The van der Waals surface area contributed by atoms with E-state index in [0.29, 0.717) is 6.04 Å². The molecule has 0 radical (unpaired) electrons. The monoisotopic (exact) mass is 301 g/mol. The Bertz CT molecular complexity index is 523. The van der Waals surface area contributed by atoms with Gasteiger partial charge in [-0.3, -0.25) is 4.79 Å². The quantitative estimate of drug-likeness (QED) is 0.879. The van der Waals surface area contributed by atoms with Crippen LogP contribution in [0.15, 0.2) is 18.2 Å². The molecule has 1 fully saturated rings. The molecular formula is C18H27N3O. The topological polar surface area (TPSA) is 44.4 Å². The summed E-state index contributed by atoms with van der Waals surface area (Å²) in [7, 11) is 2.18. The van der Waals surface area contributed by atoms with Gasteiger partial charge in [0.05, 0.1) is 0 Å². The molecule has 3 rings (SSSR count). The number of hydrogen-bond acceptors (Lipinski definition) is 3. The Hall–Kier alpha value is -1.55. The fourth-order valence-corrected chi connectivity index (χ4v) is 3.69. The van der Waals surface area contributed by atoms with E-state index in [1.54, 1.807) is 0 Å². The Labute approximate surface area is 133 Å². The van der Waals surface area contributed by atoms with Crippen LogP contribution < -0.4 is 10.6 Å². The van der Waals surface area contributed by atoms with Crippen molar-refractivity contribution in [3.63, 3.8) is 0 Å². The third-order valence-corrected chi connectivity index (χ3v) is 5.04. The van der Waals surface area contributed by atoms with Crippen LogP contribution in [0.1, 0.15) is 48.0 Å². The van der Waals surface area contributed by atoms with E-state index in [0.717, 1.165) is 43.7 Å². The number of anilines is 1. The lowest BCUT2D eigenvalue weighted by Crippen LogP contribution is -2.37. The van der Waals surface area contributed by atoms with Crippen LogP contribution in [0.4, 0.5) is 5.69 Å². The fraction of sp³-hybridized carbons (Fsp3) is 0.611. The van der Waals surface area contributed by atoms with Crippen molar-refractivity contribution in [1.82, 2.24) is 10.2 Å². The largest absolute Gasteiger partial charge is 0.385 e. The first-order valence-corrected chi connectivity index (χ1v) is 8.60. The Morgan fingerprint density at radius 1 is 1.32 bits per heavy atom. The molecule has 4 nitrogen and oxygen atoms in total. The molecule has 1 aromatic rings. The average Bonchev–Trinajstić information content (AvgIpc) is 3.08. The highest BCUT2D eigenvalue weighted by molar-refractivity contribution is 5.97. The van der Waals surface area contributed by atoms with E-state index in [1.165, 1.54) is 31.2 Å². The average molecular weight is 301 g/mol. The lowest BCUT2D eigenvalue weighted by Gasteiger charge is -2.24. The van der Waals surface area contributed by atoms with E-state index < -0.39 is 0 Å². The maximum atomic E-state index is 12.5. The first-order chi connectivity index (χ1) is 10.8. The van der Waals surface area contributed by atoms with E-state index >= 15 is 0 Å². The molecule has 0 saturated heterocycles. The zero-order valence-electron chi connectivity index (χ0n) is 13.5. The summed E-state index contributed by atoms with van der Waals surface area (Å²) in [5, 5.41) is 6.48. The number of nitrogens with zero attached hydrogens (tertiary/aromatic N) is 1. The lowest BCUT2D eigenvalue weighted by atomic mass is 9.97. The first kappa shape index (κ1) is 15.3. The molecule has 1 saturated carbocycles. The van der Waals surface area contributed by atoms with Crippen LogP contribution in [-0.4, -0.2) is 43.5 Å². The molecule has 0 spiro atoms. The van der Waals surface area contributed by atoms with Crippen molar-refractivity contribution in [3.05, 3.63) is 29.3 Å². The number of fused-ring (bicyclic) bond motifs is 1. The van der Waals surface area contributed by atoms with E-state index in [-0.39, 0.29) is 5.91 Å². The van der Waals surface area contributed by atoms with Gasteiger partial charge in [0.15, 0.2) is 0 Å². The molecule has 1 amide bonds. The van der Waals surface area contributed by atoms with Crippen LogP contribution in [0.3, 0.4) is 0 Å². The van der Waals surface area contributed by atoms with Crippen molar-refractivity contribution in [2.24, 2.45) is 0 Å². The Morgan fingerprint density at radius 3 is 2.95 bits per heavy atom. The second kappa shape index (κ2) is 7.14. The van der Waals surface area contributed by atoms with Gasteiger partial charge in [0.1, 0.15) is 0 Å². The maximum Gasteiger partial charge on any atom is 0.251 e. The predicted octanol–water partition coefficient (Wildman–Crippen LogP) is 2.65. The number of likely N-dealkylation sites (N-methyl/N-ethyl adjacent to an activating group) is 1. The summed E-state index contributed by atoms with van der Waals surface area (Å²) in [4.78, 5) is 14.9. The number of benzene rings is 1. The molecule has 2 N–H and O–H groups in total. The van der Waals surface area contributed by atoms with Crippen molar-refractivity contribution in [3.8, 4) is 0 Å². The summed E-state index contributed by atoms with van der Waals surface area (Å²) in [6.07, 6.45) is 7.41. The van der Waals surface area contributed by atoms with Crippen molar-refractivity contribution in [2.45, 2.75) is 44.6 Å². The standard InChI is InChI=1S/C18H27N3O/c1-21(14-6-2-3-7-14)13-12-20-18(22)16-8-4-10-17-15(16)9-5-11-19-17/h4,8,10,14,19H,2-3,5-7,9,11-13H2,1H3,(H,20,22). The first-order valence-electron chi connectivity index (χ1n) is 8.60. The van der Waals surface area contributed by atoms with Crippen molar-refractivity contribution < 1.29 is 4.79 Å². The van der Waals surface area contributed by atoms with Crippen LogP contribution in [-0.2, 0) is 6.42 Å². The molecule has 2 aliphatic rings. The van der Waals surface area contributed by atoms with Gasteiger partial charge in [-0.15, -0.1) is 0 Å². The Kier molecular flexibility index (Phi) is 4.98. The van der Waals surface area contributed by atoms with Crippen LogP contribution >= 0.6 is 0 Å². The Morgan fingerprint density at radius 2 is 2.14 bits per heavy atom. The lowest BCUT2D eigenvalue weighted by molar-refractivity contribution is 0.0946. The number of amides is 1. The number of nitrogens with one attached hydrogen (secondary N) is 2. The molecule has 0 aromatic heterocycles. The number of hydrogen-bond donors (Lipinski definition) is 2. The summed E-state index contributed by atoms with van der Waals surface area (Å²) in [6.45, 7) is 2.66. The fourth-order valence-electron chi connectivity index (χ4n) is 3.69. The maximum absolute atomic E-state index is 12.5. The van der Waals surface area contributed by atoms with Gasteiger partial charge in [-0.1, -0.05) is 18.9 Å². The molecule has 120 valence electrons. The molecule has 1 aliphatic carbocycles. The molecule has 0 atom stereocenters. The van der Waals surface area contributed by atoms with Gasteiger partial charge >= 0.3 is 0 Å². The molecule has 22 heavy (non-hydrogen) atoms. The van der Waals surface area contributed by atoms with E-state index in [9.17, 15) is 4.79 Å². The summed E-state index contributed by atoms with van der Waals surface area (Å²) in [5.74, 6) is 0.0698. The number of carbonyl (C=O) groups is 1. The highest BCUT2D eigenvalue weighted by Crippen LogP contribution is 2.25. The second-order valence-corrected chi connectivity index (χ2v) is 6.54. The van der Waals surface area contributed by atoms with Crippen molar-refractivity contribution in [1.29, 1.82) is 0 Å². The van der Waals surface area contributed by atoms with Gasteiger partial charge in [-0.05, 0) is 50.4 Å². The smallest absolute Gasteiger partial charge is 0.251 e. The molecule has 0 unspecified atom stereocenters. The van der Waals surface area contributed by atoms with Crippen LogP contribution in [0.25, 0.3) is 0 Å². The van der Waals surface area contributed by atoms with Gasteiger partial charge in [0.25, 0.3) is 5.91 Å². The highest BCUT2D eigenvalue weighted by atomic mass is 16.1. The minimum atomic E-state index is 0.0698. The summed E-state index contributed by atoms with van der Waals surface area (Å²) in [5.41, 5.74) is 3.14. The van der Waals surface area contributed by atoms with Gasteiger partial charge in [-0.2, -0.15) is 0 Å². The van der Waals surface area contributed by atoms with Gasteiger partial charge in [-0.25, -0.2) is 0 Å². The minimum absolute atomic E-state index is 0.0698. The zero-order chi connectivity index (χ0) is 15.4. The van der Waals surface area contributed by atoms with Crippen LogP contribution in [0.5, 0.6) is 0 Å². The van der Waals surface area contributed by atoms with Gasteiger partial charge in [0.2, 0.25) is 0 Å². The van der Waals surface area contributed by atoms with Crippen LogP contribution in [0.2, 0.25) is 0 Å². The molecular weight excluding hydrogens is 274 g/mol. The summed E-state index contributed by atoms with van der Waals surface area (Å²) >= 11 is 0. The van der Waals surface area contributed by atoms with Gasteiger partial charge < -0.3 is 15.5 Å². The van der Waals surface area contributed by atoms with E-state index in [2.05, 4.69) is 28.6 Å². The number of rotatable bonds is 5. The van der Waals surface area contributed by atoms with Crippen molar-refractivity contribution >= 4 is 11.6 Å². The Balaban J connectivity index is 1.54. The number of carbonyl (C=O) groups excluding carboxylic acids is 1. The molecule has 0 bridgehead atoms. The third-order valence-electron chi connectivity index (χ3n) is 5.04. The molecule has 1 aliphatic heterocycles. The third kappa shape index (κ3) is 3.43. The molecule has 4 heteroatoms. The normalized spacial score (nSPS) is 18.1. The minimum Gasteiger partial charge on any atom is -0.385 e. The SMILES string of the molecule is CN(CCNC(=O)c1cccc2c1CCCN2)C1CCCC1. The molecule has 1 aromatic carbocycles. The van der Waals surface area contributed by atoms with Crippen LogP contribution in [0, 0.1) is 0 Å². The van der Waals surface area contributed by atoms with Crippen molar-refractivity contribution in [2.75, 3.05) is 32.0 Å². The van der Waals surface area contributed by atoms with Gasteiger partial charge in [0, 0.05) is 36.9 Å². The molecule has 1 heterocycles. The second-order valence-electron chi connectivity index (χ2n) is 6.54. The summed E-state index contributed by atoms with van der Waals surface area (Å²) in [6, 6.07) is 6.70. The predicted molar refractivity (Wildman–Crippen MR) is 90.5 cm³/mol.